The van der Waals surface area contributed by atoms with Crippen molar-refractivity contribution in [2.45, 2.75) is 44.7 Å². The first kappa shape index (κ1) is 22.0. The molecule has 0 bridgehead atoms. The number of pyridine rings is 1. The van der Waals surface area contributed by atoms with Gasteiger partial charge in [-0.1, -0.05) is 36.8 Å². The third-order valence-corrected chi connectivity index (χ3v) is 7.15. The second kappa shape index (κ2) is 9.57. The van der Waals surface area contributed by atoms with Crippen LogP contribution < -0.4 is 0 Å². The second-order valence-electron chi connectivity index (χ2n) is 9.25. The fraction of sp³-hybridized carbons (Fsp3) is 0.407. The first-order valence-electron chi connectivity index (χ1n) is 12.0. The maximum Gasteiger partial charge on any atom is 0.336 e. The average Bonchev–Trinajstić information content (AvgIpc) is 2.85. The zero-order valence-electron chi connectivity index (χ0n) is 18.8. The molecule has 0 saturated carbocycles. The predicted octanol–water partition coefficient (Wildman–Crippen LogP) is 5.19. The second-order valence-corrected chi connectivity index (χ2v) is 9.25. The van der Waals surface area contributed by atoms with Crippen LogP contribution >= 0.6 is 0 Å². The highest BCUT2D eigenvalue weighted by atomic mass is 19.1. The van der Waals surface area contributed by atoms with Crippen molar-refractivity contribution in [3.8, 4) is 11.3 Å². The number of piperidine rings is 2. The zero-order chi connectivity index (χ0) is 22.8. The first-order valence-corrected chi connectivity index (χ1v) is 12.0. The Balaban J connectivity index is 1.49. The number of aromatic carboxylic acids is 1. The number of fused-ring (bicyclic) bond motifs is 1. The Morgan fingerprint density at radius 1 is 1.00 bits per heavy atom. The summed E-state index contributed by atoms with van der Waals surface area (Å²) < 4.78 is 14.1. The Kier molecular flexibility index (Phi) is 6.38. The lowest BCUT2D eigenvalue weighted by Gasteiger charge is -2.40. The van der Waals surface area contributed by atoms with E-state index in [9.17, 15) is 14.3 Å². The van der Waals surface area contributed by atoms with Crippen molar-refractivity contribution in [3.05, 3.63) is 65.5 Å². The van der Waals surface area contributed by atoms with Gasteiger partial charge in [-0.2, -0.15) is 0 Å². The summed E-state index contributed by atoms with van der Waals surface area (Å²) in [5.41, 5.74) is 2.88. The van der Waals surface area contributed by atoms with Gasteiger partial charge >= 0.3 is 5.97 Å². The molecule has 1 aromatic heterocycles. The van der Waals surface area contributed by atoms with E-state index in [-0.39, 0.29) is 5.56 Å². The summed E-state index contributed by atoms with van der Waals surface area (Å²) in [4.78, 5) is 22.2. The Morgan fingerprint density at radius 3 is 2.42 bits per heavy atom. The van der Waals surface area contributed by atoms with Gasteiger partial charge in [0.1, 0.15) is 5.82 Å². The highest BCUT2D eigenvalue weighted by Gasteiger charge is 2.28. The molecule has 0 atom stereocenters. The fourth-order valence-electron chi connectivity index (χ4n) is 5.46. The van der Waals surface area contributed by atoms with E-state index in [0.29, 0.717) is 34.7 Å². The van der Waals surface area contributed by atoms with Crippen LogP contribution in [0.4, 0.5) is 4.39 Å². The van der Waals surface area contributed by atoms with Crippen LogP contribution in [-0.4, -0.2) is 58.1 Å². The van der Waals surface area contributed by atoms with Gasteiger partial charge in [-0.3, -0.25) is 4.90 Å². The first-order chi connectivity index (χ1) is 16.1. The lowest BCUT2D eigenvalue weighted by molar-refractivity contribution is 0.0692. The number of carboxylic acid groups (broad SMARTS) is 1. The van der Waals surface area contributed by atoms with Crippen LogP contribution in [0.5, 0.6) is 0 Å². The third kappa shape index (κ3) is 4.63. The molecule has 0 spiro atoms. The molecule has 6 heteroatoms. The van der Waals surface area contributed by atoms with Crippen LogP contribution in [0.1, 0.15) is 48.0 Å². The lowest BCUT2D eigenvalue weighted by atomic mass is 9.94. The minimum atomic E-state index is -1.04. The number of benzene rings is 2. The summed E-state index contributed by atoms with van der Waals surface area (Å²) in [6.07, 6.45) is 6.12. The number of hydrogen-bond acceptors (Lipinski definition) is 4. The molecular weight excluding hydrogens is 417 g/mol. The molecule has 172 valence electrons. The molecule has 2 fully saturated rings. The normalized spacial score (nSPS) is 18.6. The van der Waals surface area contributed by atoms with E-state index in [0.717, 1.165) is 31.5 Å². The molecule has 2 aliphatic rings. The van der Waals surface area contributed by atoms with E-state index < -0.39 is 11.8 Å². The van der Waals surface area contributed by atoms with Crippen molar-refractivity contribution in [3.63, 3.8) is 0 Å². The number of nitrogens with zero attached hydrogens (tertiary/aromatic N) is 3. The van der Waals surface area contributed by atoms with Gasteiger partial charge in [0, 0.05) is 29.1 Å². The predicted molar refractivity (Wildman–Crippen MR) is 128 cm³/mol. The molecule has 33 heavy (non-hydrogen) atoms. The Labute approximate surface area is 193 Å². The van der Waals surface area contributed by atoms with Crippen LogP contribution in [-0.2, 0) is 6.54 Å². The maximum absolute atomic E-state index is 14.1. The van der Waals surface area contributed by atoms with Gasteiger partial charge in [0.05, 0.1) is 16.8 Å². The molecule has 0 aliphatic carbocycles. The highest BCUT2D eigenvalue weighted by Crippen LogP contribution is 2.33. The van der Waals surface area contributed by atoms with Gasteiger partial charge in [0.15, 0.2) is 0 Å². The van der Waals surface area contributed by atoms with Crippen LogP contribution in [0.25, 0.3) is 22.2 Å². The topological polar surface area (TPSA) is 56.7 Å². The third-order valence-electron chi connectivity index (χ3n) is 7.15. The molecule has 1 N–H and O–H groups in total. The van der Waals surface area contributed by atoms with Crippen LogP contribution in [0, 0.1) is 5.82 Å². The van der Waals surface area contributed by atoms with E-state index >= 15 is 0 Å². The summed E-state index contributed by atoms with van der Waals surface area (Å²) in [6.45, 7) is 4.75. The van der Waals surface area contributed by atoms with Crippen LogP contribution in [0.3, 0.4) is 0 Å². The zero-order valence-corrected chi connectivity index (χ0v) is 18.8. The number of rotatable bonds is 5. The number of aromatic nitrogens is 1. The van der Waals surface area contributed by atoms with Crippen LogP contribution in [0.2, 0.25) is 0 Å². The van der Waals surface area contributed by atoms with E-state index in [1.54, 1.807) is 6.07 Å². The molecule has 3 aromatic rings. The van der Waals surface area contributed by atoms with E-state index in [2.05, 4.69) is 9.80 Å². The quantitative estimate of drug-likeness (QED) is 0.583. The van der Waals surface area contributed by atoms with E-state index in [1.165, 1.54) is 44.5 Å². The summed E-state index contributed by atoms with van der Waals surface area (Å²) >= 11 is 0. The molecular formula is C27H30FN3O2. The van der Waals surface area contributed by atoms with Crippen molar-refractivity contribution >= 4 is 16.9 Å². The van der Waals surface area contributed by atoms with Crippen LogP contribution in [0.15, 0.2) is 48.5 Å². The lowest BCUT2D eigenvalue weighted by Crippen LogP contribution is -2.46. The van der Waals surface area contributed by atoms with Crippen molar-refractivity contribution in [2.24, 2.45) is 0 Å². The summed E-state index contributed by atoms with van der Waals surface area (Å²) in [6, 6.07) is 14.5. The monoisotopic (exact) mass is 447 g/mol. The maximum atomic E-state index is 14.1. The SMILES string of the molecule is O=C(O)c1c(CN2CCC(N3CCCCC3)CC2)c(-c2ccccc2)nc2ccc(F)cc12. The van der Waals surface area contributed by atoms with Gasteiger partial charge < -0.3 is 10.0 Å². The number of hydrogen-bond donors (Lipinski definition) is 1. The molecule has 0 amide bonds. The number of carboxylic acids is 1. The minimum absolute atomic E-state index is 0.163. The molecule has 5 nitrogen and oxygen atoms in total. The van der Waals surface area contributed by atoms with Gasteiger partial charge in [-0.25, -0.2) is 14.2 Å². The summed E-state index contributed by atoms with van der Waals surface area (Å²) in [5, 5.41) is 10.6. The summed E-state index contributed by atoms with van der Waals surface area (Å²) in [7, 11) is 0. The smallest absolute Gasteiger partial charge is 0.336 e. The van der Waals surface area contributed by atoms with Crippen molar-refractivity contribution in [1.29, 1.82) is 0 Å². The number of halogens is 1. The van der Waals surface area contributed by atoms with Crippen molar-refractivity contribution in [2.75, 3.05) is 26.2 Å². The Hall–Kier alpha value is -2.83. The van der Waals surface area contributed by atoms with Gasteiger partial charge in [-0.05, 0) is 70.1 Å². The summed E-state index contributed by atoms with van der Waals surface area (Å²) in [5.74, 6) is -1.49. The Morgan fingerprint density at radius 2 is 1.73 bits per heavy atom. The van der Waals surface area contributed by atoms with Gasteiger partial charge in [0.25, 0.3) is 0 Å². The van der Waals surface area contributed by atoms with Crippen molar-refractivity contribution in [1.82, 2.24) is 14.8 Å². The van der Waals surface area contributed by atoms with Crippen molar-refractivity contribution < 1.29 is 14.3 Å². The fourth-order valence-corrected chi connectivity index (χ4v) is 5.46. The molecule has 2 aliphatic heterocycles. The molecule has 3 heterocycles. The standard InChI is InChI=1S/C27H30FN3O2/c28-20-9-10-24-22(17-20)25(27(32)33)23(26(29-24)19-7-3-1-4-8-19)18-30-15-11-21(12-16-30)31-13-5-2-6-14-31/h1,3-4,7-10,17,21H,2,5-6,11-16,18H2,(H,32,33). The van der Waals surface area contributed by atoms with Gasteiger partial charge in [-0.15, -0.1) is 0 Å². The minimum Gasteiger partial charge on any atom is -0.478 e. The average molecular weight is 448 g/mol. The van der Waals surface area contributed by atoms with E-state index in [1.807, 2.05) is 30.3 Å². The molecule has 0 radical (unpaired) electrons. The molecule has 5 rings (SSSR count). The van der Waals surface area contributed by atoms with Gasteiger partial charge in [0.2, 0.25) is 0 Å². The van der Waals surface area contributed by atoms with E-state index in [4.69, 9.17) is 4.98 Å². The Bertz CT molecular complexity index is 1140. The molecule has 2 aromatic carbocycles. The number of likely N-dealkylation sites (tertiary alicyclic amines) is 2. The highest BCUT2D eigenvalue weighted by molar-refractivity contribution is 6.05. The molecule has 0 unspecified atom stereocenters. The molecule has 2 saturated heterocycles. The number of carbonyl (C=O) groups is 1. The largest absolute Gasteiger partial charge is 0.478 e.